The normalized spacial score (nSPS) is 11.4. The Morgan fingerprint density at radius 2 is 2.29 bits per heavy atom. The van der Waals surface area contributed by atoms with Crippen LogP contribution in [0.3, 0.4) is 0 Å². The lowest BCUT2D eigenvalue weighted by atomic mass is 10.2. The fourth-order valence-corrected chi connectivity index (χ4v) is 1.31. The average molecular weight is 234 g/mol. The molecule has 2 N–H and O–H groups in total. The number of nitrogens with zero attached hydrogens (tertiary/aromatic N) is 1. The van der Waals surface area contributed by atoms with E-state index >= 15 is 0 Å². The molecule has 1 aromatic rings. The van der Waals surface area contributed by atoms with Gasteiger partial charge in [0.25, 0.3) is 0 Å². The van der Waals surface area contributed by atoms with Crippen LogP contribution in [-0.4, -0.2) is 30.8 Å². The Labute approximate surface area is 99.6 Å². The minimum absolute atomic E-state index is 0.0712. The van der Waals surface area contributed by atoms with Crippen LogP contribution in [0.25, 0.3) is 0 Å². The van der Waals surface area contributed by atoms with Crippen molar-refractivity contribution in [3.05, 3.63) is 29.8 Å². The zero-order chi connectivity index (χ0) is 12.7. The molecule has 0 fully saturated rings. The van der Waals surface area contributed by atoms with E-state index in [-0.39, 0.29) is 13.0 Å². The molecule has 0 spiro atoms. The van der Waals surface area contributed by atoms with Gasteiger partial charge in [-0.1, -0.05) is 12.1 Å². The van der Waals surface area contributed by atoms with Crippen molar-refractivity contribution >= 4 is 11.7 Å². The van der Waals surface area contributed by atoms with E-state index in [1.165, 1.54) is 7.11 Å². The molecular formula is C12H14N2O3. The van der Waals surface area contributed by atoms with Crippen LogP contribution in [0, 0.1) is 11.3 Å². The van der Waals surface area contributed by atoms with Crippen molar-refractivity contribution < 1.29 is 14.6 Å². The number of anilines is 1. The van der Waals surface area contributed by atoms with Gasteiger partial charge >= 0.3 is 5.97 Å². The van der Waals surface area contributed by atoms with E-state index in [0.717, 1.165) is 0 Å². The summed E-state index contributed by atoms with van der Waals surface area (Å²) in [5.41, 5.74) is 1.14. The number of para-hydroxylation sites is 1. The molecule has 0 aliphatic heterocycles. The van der Waals surface area contributed by atoms with Crippen LogP contribution < -0.4 is 5.32 Å². The zero-order valence-electron chi connectivity index (χ0n) is 9.51. The summed E-state index contributed by atoms with van der Waals surface area (Å²) in [6.07, 6.45) is -0.910. The van der Waals surface area contributed by atoms with E-state index < -0.39 is 12.1 Å². The van der Waals surface area contributed by atoms with E-state index in [9.17, 15) is 9.90 Å². The standard InChI is InChI=1S/C12H14N2O3/c1-17-12(16)6-10(15)8-14-11-5-3-2-4-9(11)7-13/h2-5,10,14-15H,6,8H2,1H3. The number of aliphatic hydroxyl groups is 1. The van der Waals surface area contributed by atoms with Crippen LogP contribution in [0.1, 0.15) is 12.0 Å². The number of nitrogens with one attached hydrogen (secondary N) is 1. The van der Waals surface area contributed by atoms with Crippen LogP contribution in [0.2, 0.25) is 0 Å². The second-order valence-corrected chi connectivity index (χ2v) is 3.47. The Morgan fingerprint density at radius 1 is 1.59 bits per heavy atom. The minimum atomic E-state index is -0.839. The Hall–Kier alpha value is -2.06. The molecule has 5 nitrogen and oxygen atoms in total. The van der Waals surface area contributed by atoms with Gasteiger partial charge < -0.3 is 15.2 Å². The monoisotopic (exact) mass is 234 g/mol. The van der Waals surface area contributed by atoms with E-state index in [1.54, 1.807) is 24.3 Å². The second kappa shape index (κ2) is 6.51. The van der Waals surface area contributed by atoms with Crippen molar-refractivity contribution in [2.75, 3.05) is 19.0 Å². The molecule has 0 bridgehead atoms. The number of ether oxygens (including phenoxy) is 1. The number of methoxy groups -OCH3 is 1. The number of esters is 1. The van der Waals surface area contributed by atoms with Crippen LogP contribution in [-0.2, 0) is 9.53 Å². The molecule has 0 amide bonds. The first-order chi connectivity index (χ1) is 8.17. The molecule has 0 aliphatic rings. The largest absolute Gasteiger partial charge is 0.469 e. The summed E-state index contributed by atoms with van der Waals surface area (Å²) in [6.45, 7) is 0.188. The molecule has 0 radical (unpaired) electrons. The van der Waals surface area contributed by atoms with Crippen LogP contribution in [0.5, 0.6) is 0 Å². The zero-order valence-corrected chi connectivity index (χ0v) is 9.51. The number of nitriles is 1. The summed E-state index contributed by atoms with van der Waals surface area (Å²) in [4.78, 5) is 10.9. The van der Waals surface area contributed by atoms with Gasteiger partial charge in [0.05, 0.1) is 30.9 Å². The summed E-state index contributed by atoms with van der Waals surface area (Å²) in [7, 11) is 1.27. The summed E-state index contributed by atoms with van der Waals surface area (Å²) < 4.78 is 4.44. The lowest BCUT2D eigenvalue weighted by Gasteiger charge is -2.12. The van der Waals surface area contributed by atoms with Gasteiger partial charge in [-0.05, 0) is 12.1 Å². The van der Waals surface area contributed by atoms with Crippen molar-refractivity contribution in [3.63, 3.8) is 0 Å². The highest BCUT2D eigenvalue weighted by atomic mass is 16.5. The highest BCUT2D eigenvalue weighted by Crippen LogP contribution is 2.13. The van der Waals surface area contributed by atoms with Gasteiger partial charge in [0.15, 0.2) is 0 Å². The van der Waals surface area contributed by atoms with Gasteiger partial charge in [-0.15, -0.1) is 0 Å². The first kappa shape index (κ1) is 13.0. The predicted molar refractivity (Wildman–Crippen MR) is 62.3 cm³/mol. The number of carbonyl (C=O) groups excluding carboxylic acids is 1. The highest BCUT2D eigenvalue weighted by molar-refractivity contribution is 5.69. The maximum absolute atomic E-state index is 10.9. The van der Waals surface area contributed by atoms with Gasteiger partial charge in [-0.25, -0.2) is 0 Å². The molecule has 0 aromatic heterocycles. The van der Waals surface area contributed by atoms with Crippen molar-refractivity contribution in [3.8, 4) is 6.07 Å². The van der Waals surface area contributed by atoms with Crippen molar-refractivity contribution in [2.24, 2.45) is 0 Å². The van der Waals surface area contributed by atoms with Crippen LogP contribution >= 0.6 is 0 Å². The van der Waals surface area contributed by atoms with Gasteiger partial charge in [0.1, 0.15) is 6.07 Å². The maximum Gasteiger partial charge on any atom is 0.308 e. The molecule has 5 heteroatoms. The summed E-state index contributed by atoms with van der Waals surface area (Å²) >= 11 is 0. The van der Waals surface area contributed by atoms with Crippen molar-refractivity contribution in [1.29, 1.82) is 5.26 Å². The van der Waals surface area contributed by atoms with Gasteiger partial charge in [-0.2, -0.15) is 5.26 Å². The third-order valence-electron chi connectivity index (χ3n) is 2.21. The Bertz CT molecular complexity index is 426. The molecule has 0 saturated heterocycles. The molecule has 1 aromatic carbocycles. The second-order valence-electron chi connectivity index (χ2n) is 3.47. The number of rotatable bonds is 5. The molecule has 90 valence electrons. The Kier molecular flexibility index (Phi) is 4.98. The predicted octanol–water partition coefficient (Wildman–Crippen LogP) is 0.894. The Balaban J connectivity index is 2.50. The first-order valence-electron chi connectivity index (χ1n) is 5.15. The highest BCUT2D eigenvalue weighted by Gasteiger charge is 2.11. The molecule has 0 heterocycles. The molecule has 17 heavy (non-hydrogen) atoms. The number of hydrogen-bond acceptors (Lipinski definition) is 5. The quantitative estimate of drug-likeness (QED) is 0.739. The van der Waals surface area contributed by atoms with E-state index in [2.05, 4.69) is 10.1 Å². The average Bonchev–Trinajstić information content (AvgIpc) is 2.36. The minimum Gasteiger partial charge on any atom is -0.469 e. The van der Waals surface area contributed by atoms with E-state index in [4.69, 9.17) is 5.26 Å². The fourth-order valence-electron chi connectivity index (χ4n) is 1.31. The maximum atomic E-state index is 10.9. The summed E-state index contributed by atoms with van der Waals surface area (Å²) in [5.74, 6) is -0.465. The van der Waals surface area contributed by atoms with Crippen LogP contribution in [0.15, 0.2) is 24.3 Å². The molecule has 1 unspecified atom stereocenters. The van der Waals surface area contributed by atoms with E-state index in [0.29, 0.717) is 11.3 Å². The number of carbonyl (C=O) groups is 1. The number of hydrogen-bond donors (Lipinski definition) is 2. The van der Waals surface area contributed by atoms with Crippen molar-refractivity contribution in [2.45, 2.75) is 12.5 Å². The van der Waals surface area contributed by atoms with Gasteiger partial charge in [0, 0.05) is 6.54 Å². The molecule has 1 atom stereocenters. The fraction of sp³-hybridized carbons (Fsp3) is 0.333. The van der Waals surface area contributed by atoms with E-state index in [1.807, 2.05) is 6.07 Å². The Morgan fingerprint density at radius 3 is 2.94 bits per heavy atom. The third kappa shape index (κ3) is 4.13. The summed E-state index contributed by atoms with van der Waals surface area (Å²) in [6, 6.07) is 9.00. The third-order valence-corrected chi connectivity index (χ3v) is 2.21. The smallest absolute Gasteiger partial charge is 0.308 e. The number of benzene rings is 1. The molecular weight excluding hydrogens is 220 g/mol. The summed E-state index contributed by atoms with van der Waals surface area (Å²) in [5, 5.41) is 21.3. The van der Waals surface area contributed by atoms with Gasteiger partial charge in [0.2, 0.25) is 0 Å². The van der Waals surface area contributed by atoms with Crippen molar-refractivity contribution in [1.82, 2.24) is 0 Å². The number of aliphatic hydroxyl groups excluding tert-OH is 1. The molecule has 1 rings (SSSR count). The first-order valence-corrected chi connectivity index (χ1v) is 5.15. The lowest BCUT2D eigenvalue weighted by Crippen LogP contribution is -2.23. The lowest BCUT2D eigenvalue weighted by molar-refractivity contribution is -0.142. The molecule has 0 saturated carbocycles. The molecule has 0 aliphatic carbocycles. The SMILES string of the molecule is COC(=O)CC(O)CNc1ccccc1C#N. The topological polar surface area (TPSA) is 82.3 Å². The van der Waals surface area contributed by atoms with Crippen LogP contribution in [0.4, 0.5) is 5.69 Å². The van der Waals surface area contributed by atoms with Gasteiger partial charge in [-0.3, -0.25) is 4.79 Å².